The number of ether oxygens (including phenoxy) is 1. The number of nitriles is 1. The average molecular weight is 357 g/mol. The molecule has 0 aromatic carbocycles. The van der Waals surface area contributed by atoms with Crippen LogP contribution in [0, 0.1) is 11.3 Å². The molecule has 110 valence electrons. The van der Waals surface area contributed by atoms with E-state index in [1.807, 2.05) is 0 Å². The van der Waals surface area contributed by atoms with Gasteiger partial charge in [-0.15, -0.1) is 0 Å². The normalized spacial score (nSPS) is 12.1. The molecule has 0 unspecified atom stereocenters. The lowest BCUT2D eigenvalue weighted by atomic mass is 10.2. The number of pyridine rings is 1. The molecule has 0 N–H and O–H groups in total. The van der Waals surface area contributed by atoms with Gasteiger partial charge in [0, 0.05) is 0 Å². The maximum atomic E-state index is 9.03. The molecule has 1 heterocycles. The largest absolute Gasteiger partial charge is 0.488 e. The van der Waals surface area contributed by atoms with E-state index in [9.17, 15) is 0 Å². The highest BCUT2D eigenvalue weighted by Crippen LogP contribution is 2.36. The second-order valence-electron chi connectivity index (χ2n) is 6.07. The lowest BCUT2D eigenvalue weighted by Gasteiger charge is -2.36. The number of nitrogens with zero attached hydrogens (tertiary/aromatic N) is 2. The number of aromatic nitrogens is 1. The van der Waals surface area contributed by atoms with Crippen LogP contribution in [0.1, 0.15) is 26.3 Å². The first-order valence-corrected chi connectivity index (χ1v) is 10.2. The molecule has 0 bridgehead atoms. The minimum atomic E-state index is -1.74. The summed E-state index contributed by atoms with van der Waals surface area (Å²) in [6, 6.07) is 3.73. The summed E-state index contributed by atoms with van der Waals surface area (Å²) in [4.78, 5) is 4.06. The van der Waals surface area contributed by atoms with Crippen molar-refractivity contribution < 1.29 is 9.16 Å². The maximum Gasteiger partial charge on any atom is 0.192 e. The Balaban J connectivity index is 2.53. The van der Waals surface area contributed by atoms with Crippen LogP contribution in [-0.4, -0.2) is 26.5 Å². The molecule has 6 heteroatoms. The van der Waals surface area contributed by atoms with Crippen LogP contribution in [0.4, 0.5) is 0 Å². The van der Waals surface area contributed by atoms with E-state index in [2.05, 4.69) is 60.8 Å². The van der Waals surface area contributed by atoms with Crippen LogP contribution >= 0.6 is 15.9 Å². The van der Waals surface area contributed by atoms with Crippen molar-refractivity contribution in [1.82, 2.24) is 4.98 Å². The Kier molecular flexibility index (Phi) is 5.75. The third-order valence-electron chi connectivity index (χ3n) is 3.56. The Hall–Kier alpha value is -0.903. The lowest BCUT2D eigenvalue weighted by molar-refractivity contribution is 0.203. The number of hydrogen-bond acceptors (Lipinski definition) is 4. The van der Waals surface area contributed by atoms with E-state index in [1.54, 1.807) is 12.3 Å². The van der Waals surface area contributed by atoms with Gasteiger partial charge in [-0.1, -0.05) is 20.8 Å². The average Bonchev–Trinajstić information content (AvgIpc) is 2.34. The number of hydrogen-bond donors (Lipinski definition) is 0. The monoisotopic (exact) mass is 356 g/mol. The van der Waals surface area contributed by atoms with E-state index in [1.165, 1.54) is 0 Å². The van der Waals surface area contributed by atoms with Gasteiger partial charge in [0.25, 0.3) is 0 Å². The molecule has 0 spiro atoms. The molecule has 0 saturated heterocycles. The van der Waals surface area contributed by atoms with Crippen molar-refractivity contribution in [3.05, 3.63) is 22.4 Å². The summed E-state index contributed by atoms with van der Waals surface area (Å²) in [5, 5.41) is 9.22. The summed E-state index contributed by atoms with van der Waals surface area (Å²) in [6.07, 6.45) is 1.55. The first-order valence-electron chi connectivity index (χ1n) is 6.50. The van der Waals surface area contributed by atoms with Crippen molar-refractivity contribution in [2.45, 2.75) is 38.9 Å². The molecule has 0 radical (unpaired) electrons. The van der Waals surface area contributed by atoms with Gasteiger partial charge in [0.15, 0.2) is 14.1 Å². The fourth-order valence-corrected chi connectivity index (χ4v) is 2.64. The highest BCUT2D eigenvalue weighted by atomic mass is 79.9. The van der Waals surface area contributed by atoms with Crippen LogP contribution in [0.2, 0.25) is 18.1 Å². The Labute approximate surface area is 130 Å². The molecule has 0 fully saturated rings. The topological polar surface area (TPSA) is 55.1 Å². The standard InChI is InChI=1S/C14H21BrN2O2Si/c1-14(2,3)20(4,5)19-7-6-18-12-10-17-13(15)8-11(12)9-16/h8,10H,6-7H2,1-5H3. The fourth-order valence-electron chi connectivity index (χ4n) is 1.28. The Morgan fingerprint density at radius 1 is 1.35 bits per heavy atom. The molecule has 4 nitrogen and oxygen atoms in total. The molecule has 1 rings (SSSR count). The van der Waals surface area contributed by atoms with Crippen LogP contribution in [-0.2, 0) is 4.43 Å². The van der Waals surface area contributed by atoms with E-state index in [4.69, 9.17) is 14.4 Å². The summed E-state index contributed by atoms with van der Waals surface area (Å²) in [6.45, 7) is 12.0. The SMILES string of the molecule is CC(C)(C)[Si](C)(C)OCCOc1cnc(Br)cc1C#N. The summed E-state index contributed by atoms with van der Waals surface area (Å²) >= 11 is 3.23. The molecule has 20 heavy (non-hydrogen) atoms. The van der Waals surface area contributed by atoms with Crippen molar-refractivity contribution in [2.75, 3.05) is 13.2 Å². The Morgan fingerprint density at radius 2 is 2.00 bits per heavy atom. The maximum absolute atomic E-state index is 9.03. The third-order valence-corrected chi connectivity index (χ3v) is 8.54. The fraction of sp³-hybridized carbons (Fsp3) is 0.571. The minimum absolute atomic E-state index is 0.185. The zero-order valence-electron chi connectivity index (χ0n) is 12.7. The van der Waals surface area contributed by atoms with Gasteiger partial charge in [-0.2, -0.15) is 5.26 Å². The van der Waals surface area contributed by atoms with Crippen molar-refractivity contribution in [3.8, 4) is 11.8 Å². The van der Waals surface area contributed by atoms with E-state index in [0.29, 0.717) is 29.1 Å². The predicted molar refractivity (Wildman–Crippen MR) is 85.3 cm³/mol. The number of rotatable bonds is 5. The van der Waals surface area contributed by atoms with Crippen LogP contribution in [0.15, 0.2) is 16.9 Å². The minimum Gasteiger partial charge on any atom is -0.488 e. The second kappa shape index (κ2) is 6.70. The summed E-state index contributed by atoms with van der Waals surface area (Å²) in [7, 11) is -1.74. The summed E-state index contributed by atoms with van der Waals surface area (Å²) < 4.78 is 12.2. The van der Waals surface area contributed by atoms with E-state index >= 15 is 0 Å². The van der Waals surface area contributed by atoms with E-state index in [0.717, 1.165) is 0 Å². The first kappa shape index (κ1) is 17.1. The van der Waals surface area contributed by atoms with Gasteiger partial charge in [0.2, 0.25) is 0 Å². The second-order valence-corrected chi connectivity index (χ2v) is 11.7. The molecular weight excluding hydrogens is 336 g/mol. The van der Waals surface area contributed by atoms with Crippen molar-refractivity contribution in [1.29, 1.82) is 5.26 Å². The smallest absolute Gasteiger partial charge is 0.192 e. The van der Waals surface area contributed by atoms with E-state index < -0.39 is 8.32 Å². The molecule has 0 aliphatic heterocycles. The van der Waals surface area contributed by atoms with Gasteiger partial charge in [-0.05, 0) is 40.1 Å². The van der Waals surface area contributed by atoms with Crippen molar-refractivity contribution in [2.24, 2.45) is 0 Å². The molecule has 0 aliphatic carbocycles. The van der Waals surface area contributed by atoms with Crippen molar-refractivity contribution in [3.63, 3.8) is 0 Å². The Morgan fingerprint density at radius 3 is 2.55 bits per heavy atom. The van der Waals surface area contributed by atoms with Crippen LogP contribution < -0.4 is 4.74 Å². The van der Waals surface area contributed by atoms with Crippen LogP contribution in [0.25, 0.3) is 0 Å². The molecular formula is C14H21BrN2O2Si. The molecule has 0 amide bonds. The predicted octanol–water partition coefficient (Wildman–Crippen LogP) is 4.12. The molecule has 0 atom stereocenters. The van der Waals surface area contributed by atoms with Gasteiger partial charge >= 0.3 is 0 Å². The molecule has 1 aromatic heterocycles. The zero-order valence-corrected chi connectivity index (χ0v) is 15.2. The van der Waals surface area contributed by atoms with E-state index in [-0.39, 0.29) is 5.04 Å². The number of halogens is 1. The quantitative estimate of drug-likeness (QED) is 0.452. The van der Waals surface area contributed by atoms with Crippen molar-refractivity contribution >= 4 is 24.2 Å². The third kappa shape index (κ3) is 4.58. The zero-order chi connectivity index (χ0) is 15.4. The molecule has 0 saturated carbocycles. The van der Waals surface area contributed by atoms with Gasteiger partial charge in [-0.3, -0.25) is 0 Å². The molecule has 0 aliphatic rings. The van der Waals surface area contributed by atoms with Crippen LogP contribution in [0.3, 0.4) is 0 Å². The highest BCUT2D eigenvalue weighted by molar-refractivity contribution is 9.10. The molecule has 1 aromatic rings. The van der Waals surface area contributed by atoms with Gasteiger partial charge < -0.3 is 9.16 Å². The van der Waals surface area contributed by atoms with Crippen LogP contribution in [0.5, 0.6) is 5.75 Å². The lowest BCUT2D eigenvalue weighted by Crippen LogP contribution is -2.41. The summed E-state index contributed by atoms with van der Waals surface area (Å²) in [5.41, 5.74) is 0.471. The highest BCUT2D eigenvalue weighted by Gasteiger charge is 2.36. The van der Waals surface area contributed by atoms with Gasteiger partial charge in [-0.25, -0.2) is 4.98 Å². The van der Waals surface area contributed by atoms with Gasteiger partial charge in [0.05, 0.1) is 18.4 Å². The first-order chi connectivity index (χ1) is 9.17. The Bertz CT molecular complexity index is 507. The van der Waals surface area contributed by atoms with Gasteiger partial charge in [0.1, 0.15) is 17.3 Å². The summed E-state index contributed by atoms with van der Waals surface area (Å²) in [5.74, 6) is 0.495.